The van der Waals surface area contributed by atoms with Crippen molar-refractivity contribution in [2.24, 2.45) is 0 Å². The van der Waals surface area contributed by atoms with Gasteiger partial charge in [0.15, 0.2) is 9.84 Å². The van der Waals surface area contributed by atoms with Crippen LogP contribution in [0.15, 0.2) is 0 Å². The van der Waals surface area contributed by atoms with Gasteiger partial charge >= 0.3 is 0 Å². The average Bonchev–Trinajstić information content (AvgIpc) is 2.46. The van der Waals surface area contributed by atoms with Gasteiger partial charge in [-0.1, -0.05) is 12.8 Å². The lowest BCUT2D eigenvalue weighted by Crippen LogP contribution is -2.50. The van der Waals surface area contributed by atoms with E-state index in [0.29, 0.717) is 6.54 Å². The fourth-order valence-corrected chi connectivity index (χ4v) is 3.49. The molecule has 0 unspecified atom stereocenters. The molecule has 0 bridgehead atoms. The number of hydrogen-bond acceptors (Lipinski definition) is 3. The molecule has 0 spiro atoms. The first kappa shape index (κ1) is 13.0. The van der Waals surface area contributed by atoms with Crippen LogP contribution < -0.4 is 5.32 Å². The van der Waals surface area contributed by atoms with E-state index in [1.54, 1.807) is 0 Å². The number of sulfone groups is 1. The Kier molecular flexibility index (Phi) is 3.51. The molecule has 0 aromatic heterocycles. The minimum Gasteiger partial charge on any atom is -0.310 e. The van der Waals surface area contributed by atoms with Crippen molar-refractivity contribution in [3.05, 3.63) is 0 Å². The highest BCUT2D eigenvalue weighted by atomic mass is 32.2. The zero-order valence-corrected chi connectivity index (χ0v) is 11.1. The molecule has 1 aliphatic carbocycles. The fraction of sp³-hybridized carbons (Fsp3) is 1.00. The summed E-state index contributed by atoms with van der Waals surface area (Å²) < 4.78 is 23.2. The standard InChI is InChI=1S/C11H23NO2S/c1-10(2,3)12-9-11(15(4,13)14)7-5-6-8-11/h12H,5-9H2,1-4H3. The normalized spacial score (nSPS) is 21.9. The Labute approximate surface area is 93.6 Å². The number of nitrogens with one attached hydrogen (secondary N) is 1. The summed E-state index contributed by atoms with van der Waals surface area (Å²) in [6.45, 7) is 6.79. The van der Waals surface area contributed by atoms with Gasteiger partial charge in [0, 0.05) is 18.3 Å². The maximum atomic E-state index is 11.8. The fourth-order valence-electron chi connectivity index (χ4n) is 2.12. The van der Waals surface area contributed by atoms with Crippen LogP contribution in [0.25, 0.3) is 0 Å². The summed E-state index contributed by atoms with van der Waals surface area (Å²) in [7, 11) is -2.95. The third-order valence-electron chi connectivity index (χ3n) is 3.24. The lowest BCUT2D eigenvalue weighted by molar-refractivity contribution is 0.381. The third-order valence-corrected chi connectivity index (χ3v) is 5.37. The van der Waals surface area contributed by atoms with Gasteiger partial charge in [0.25, 0.3) is 0 Å². The topological polar surface area (TPSA) is 46.2 Å². The number of rotatable bonds is 3. The first-order chi connectivity index (χ1) is 6.66. The molecule has 1 saturated carbocycles. The van der Waals surface area contributed by atoms with Gasteiger partial charge in [-0.2, -0.15) is 0 Å². The highest BCUT2D eigenvalue weighted by Crippen LogP contribution is 2.36. The minimum absolute atomic E-state index is 0.0136. The summed E-state index contributed by atoms with van der Waals surface area (Å²) in [5.74, 6) is 0. The zero-order chi connectivity index (χ0) is 11.7. The monoisotopic (exact) mass is 233 g/mol. The summed E-state index contributed by atoms with van der Waals surface area (Å²) in [5, 5.41) is 3.33. The molecule has 1 fully saturated rings. The van der Waals surface area contributed by atoms with E-state index in [4.69, 9.17) is 0 Å². The van der Waals surface area contributed by atoms with E-state index >= 15 is 0 Å². The van der Waals surface area contributed by atoms with E-state index in [2.05, 4.69) is 26.1 Å². The smallest absolute Gasteiger partial charge is 0.154 e. The average molecular weight is 233 g/mol. The molecule has 0 saturated heterocycles. The van der Waals surface area contributed by atoms with E-state index in [0.717, 1.165) is 25.7 Å². The quantitative estimate of drug-likeness (QED) is 0.807. The van der Waals surface area contributed by atoms with Crippen LogP contribution in [-0.4, -0.2) is 31.5 Å². The van der Waals surface area contributed by atoms with Gasteiger partial charge in [-0.3, -0.25) is 0 Å². The molecule has 0 aromatic carbocycles. The van der Waals surface area contributed by atoms with E-state index in [-0.39, 0.29) is 5.54 Å². The van der Waals surface area contributed by atoms with Gasteiger partial charge in [0.05, 0.1) is 4.75 Å². The molecule has 0 heterocycles. The Balaban J connectivity index is 2.76. The van der Waals surface area contributed by atoms with Crippen LogP contribution in [0.4, 0.5) is 0 Å². The van der Waals surface area contributed by atoms with Crippen LogP contribution in [0.5, 0.6) is 0 Å². The van der Waals surface area contributed by atoms with Gasteiger partial charge in [0.1, 0.15) is 0 Å². The van der Waals surface area contributed by atoms with Crippen molar-refractivity contribution in [2.45, 2.75) is 56.7 Å². The summed E-state index contributed by atoms with van der Waals surface area (Å²) in [5.41, 5.74) is -0.0136. The van der Waals surface area contributed by atoms with E-state index in [1.807, 2.05) is 0 Å². The molecular formula is C11H23NO2S. The molecule has 1 aliphatic rings. The highest BCUT2D eigenvalue weighted by Gasteiger charge is 2.43. The molecule has 4 heteroatoms. The Morgan fingerprint density at radius 2 is 1.67 bits per heavy atom. The maximum absolute atomic E-state index is 11.8. The van der Waals surface area contributed by atoms with Crippen molar-refractivity contribution in [1.82, 2.24) is 5.32 Å². The largest absolute Gasteiger partial charge is 0.310 e. The molecule has 90 valence electrons. The van der Waals surface area contributed by atoms with Crippen LogP contribution in [-0.2, 0) is 9.84 Å². The Hall–Kier alpha value is -0.0900. The Morgan fingerprint density at radius 3 is 2.00 bits per heavy atom. The van der Waals surface area contributed by atoms with Crippen LogP contribution in [0.2, 0.25) is 0 Å². The Morgan fingerprint density at radius 1 is 1.20 bits per heavy atom. The molecule has 1 N–H and O–H groups in total. The van der Waals surface area contributed by atoms with Crippen molar-refractivity contribution in [3.63, 3.8) is 0 Å². The lowest BCUT2D eigenvalue weighted by Gasteiger charge is -2.31. The van der Waals surface area contributed by atoms with Gasteiger partial charge < -0.3 is 5.32 Å². The molecular weight excluding hydrogens is 210 g/mol. The molecule has 15 heavy (non-hydrogen) atoms. The summed E-state index contributed by atoms with van der Waals surface area (Å²) in [4.78, 5) is 0. The van der Waals surface area contributed by atoms with Crippen LogP contribution in [0.1, 0.15) is 46.5 Å². The van der Waals surface area contributed by atoms with Crippen molar-refractivity contribution in [3.8, 4) is 0 Å². The third kappa shape index (κ3) is 3.18. The summed E-state index contributed by atoms with van der Waals surface area (Å²) in [6.07, 6.45) is 5.09. The second-order valence-corrected chi connectivity index (χ2v) is 8.18. The van der Waals surface area contributed by atoms with Crippen molar-refractivity contribution in [1.29, 1.82) is 0 Å². The Bertz CT molecular complexity index is 308. The van der Waals surface area contributed by atoms with Gasteiger partial charge in [-0.15, -0.1) is 0 Å². The van der Waals surface area contributed by atoms with Crippen molar-refractivity contribution >= 4 is 9.84 Å². The predicted octanol–water partition coefficient (Wildman–Crippen LogP) is 1.73. The van der Waals surface area contributed by atoms with Gasteiger partial charge in [-0.25, -0.2) is 8.42 Å². The first-order valence-corrected chi connectivity index (χ1v) is 7.50. The van der Waals surface area contributed by atoms with Crippen LogP contribution >= 0.6 is 0 Å². The van der Waals surface area contributed by atoms with E-state index in [1.165, 1.54) is 6.26 Å². The predicted molar refractivity (Wildman–Crippen MR) is 63.8 cm³/mol. The molecule has 1 rings (SSSR count). The molecule has 0 aromatic rings. The second-order valence-electron chi connectivity index (χ2n) is 5.77. The van der Waals surface area contributed by atoms with Crippen molar-refractivity contribution in [2.75, 3.05) is 12.8 Å². The zero-order valence-electron chi connectivity index (χ0n) is 10.3. The van der Waals surface area contributed by atoms with Gasteiger partial charge in [0.2, 0.25) is 0 Å². The van der Waals surface area contributed by atoms with Crippen molar-refractivity contribution < 1.29 is 8.42 Å². The summed E-state index contributed by atoms with van der Waals surface area (Å²) >= 11 is 0. The lowest BCUT2D eigenvalue weighted by atomic mass is 10.0. The van der Waals surface area contributed by atoms with E-state index in [9.17, 15) is 8.42 Å². The minimum atomic E-state index is -2.95. The van der Waals surface area contributed by atoms with E-state index < -0.39 is 14.6 Å². The SMILES string of the molecule is CC(C)(C)NCC1(S(C)(=O)=O)CCCC1. The highest BCUT2D eigenvalue weighted by molar-refractivity contribution is 7.92. The van der Waals surface area contributed by atoms with Crippen LogP contribution in [0.3, 0.4) is 0 Å². The van der Waals surface area contributed by atoms with Gasteiger partial charge in [-0.05, 0) is 33.6 Å². The van der Waals surface area contributed by atoms with Crippen LogP contribution in [0, 0.1) is 0 Å². The summed E-state index contributed by atoms with van der Waals surface area (Å²) in [6, 6.07) is 0. The first-order valence-electron chi connectivity index (χ1n) is 5.61. The maximum Gasteiger partial charge on any atom is 0.154 e. The molecule has 0 radical (unpaired) electrons. The molecule has 0 atom stereocenters. The second kappa shape index (κ2) is 4.06. The molecule has 3 nitrogen and oxygen atoms in total. The number of hydrogen-bond donors (Lipinski definition) is 1. The molecule has 0 aliphatic heterocycles. The molecule has 0 amide bonds.